The van der Waals surface area contributed by atoms with Gasteiger partial charge in [-0.25, -0.2) is 0 Å². The fourth-order valence-electron chi connectivity index (χ4n) is 1.58. The van der Waals surface area contributed by atoms with Gasteiger partial charge in [0.25, 0.3) is 5.69 Å². The van der Waals surface area contributed by atoms with E-state index in [1.807, 2.05) is 0 Å². The molecule has 0 unspecified atom stereocenters. The van der Waals surface area contributed by atoms with Gasteiger partial charge in [0.1, 0.15) is 5.69 Å². The Balaban J connectivity index is 2.35. The Morgan fingerprint density at radius 1 is 1.47 bits per heavy atom. The smallest absolute Gasteiger partial charge is 0.292 e. The number of likely N-dealkylation sites (N-methyl/N-ethyl adjacent to an activating group) is 1. The minimum atomic E-state index is -1.86. The van der Waals surface area contributed by atoms with E-state index in [9.17, 15) is 10.1 Å². The summed E-state index contributed by atoms with van der Waals surface area (Å²) in [5.74, 6) is 0. The molecule has 0 aromatic heterocycles. The number of nitrogens with two attached hydrogens (primary N) is 1. The first-order valence-corrected chi connectivity index (χ1v) is 5.07. The second-order valence-electron chi connectivity index (χ2n) is 3.73. The zero-order chi connectivity index (χ0) is 16.0. The average molecular weight is 240 g/mol. The van der Waals surface area contributed by atoms with E-state index in [1.165, 1.54) is 30.1 Å². The average Bonchev–Trinajstić information content (AvgIpc) is 2.34. The zero-order valence-corrected chi connectivity index (χ0v) is 9.38. The molecule has 0 radical (unpaired) electrons. The number of anilines is 2. The Kier molecular flexibility index (Phi) is 2.02. The lowest BCUT2D eigenvalue weighted by Crippen LogP contribution is -2.44. The first kappa shape index (κ1) is 7.50. The molecular formula is C11H16N4O2. The lowest BCUT2D eigenvalue weighted by atomic mass is 10.2. The van der Waals surface area contributed by atoms with Crippen LogP contribution in [0.25, 0.3) is 0 Å². The summed E-state index contributed by atoms with van der Waals surface area (Å²) in [4.78, 5) is 12.7. The molecule has 1 aromatic rings. The number of nitro groups is 1. The lowest BCUT2D eigenvalue weighted by Gasteiger charge is -2.34. The van der Waals surface area contributed by atoms with Crippen LogP contribution in [0.3, 0.4) is 0 Å². The topological polar surface area (TPSA) is 75.6 Å². The van der Waals surface area contributed by atoms with Crippen molar-refractivity contribution in [1.82, 2.24) is 4.90 Å². The Hall–Kier alpha value is -1.82. The molecule has 1 heterocycles. The highest BCUT2D eigenvalue weighted by atomic mass is 16.6. The van der Waals surface area contributed by atoms with Crippen molar-refractivity contribution in [2.24, 2.45) is 0 Å². The first-order valence-electron chi connectivity index (χ1n) is 7.07. The maximum Gasteiger partial charge on any atom is 0.292 e. The SMILES string of the molecule is [2H]C1([2H])CN(c2ccc([N+](=O)[O-])c(N)c2)CC([2H])([2H])N1C. The summed E-state index contributed by atoms with van der Waals surface area (Å²) in [5.41, 5.74) is 5.83. The fraction of sp³-hybridized carbons (Fsp3) is 0.455. The number of hydrogen-bond acceptors (Lipinski definition) is 5. The molecule has 17 heavy (non-hydrogen) atoms. The van der Waals surface area contributed by atoms with Gasteiger partial charge in [-0.3, -0.25) is 10.1 Å². The standard InChI is InChI=1S/C11H16N4O2/c1-13-4-6-14(7-5-13)9-2-3-11(15(16)17)10(12)8-9/h2-3,8H,4-7,12H2,1H3/i4D2,5D2. The van der Waals surface area contributed by atoms with Crippen LogP contribution in [0, 0.1) is 10.1 Å². The van der Waals surface area contributed by atoms with E-state index in [-0.39, 0.29) is 24.5 Å². The van der Waals surface area contributed by atoms with Crippen LogP contribution >= 0.6 is 0 Å². The van der Waals surface area contributed by atoms with Crippen LogP contribution < -0.4 is 10.6 Å². The minimum Gasteiger partial charge on any atom is -0.393 e. The molecule has 1 saturated heterocycles. The van der Waals surface area contributed by atoms with Gasteiger partial charge in [-0.1, -0.05) is 0 Å². The van der Waals surface area contributed by atoms with E-state index in [2.05, 4.69) is 0 Å². The highest BCUT2D eigenvalue weighted by Crippen LogP contribution is 2.27. The van der Waals surface area contributed by atoms with E-state index in [0.717, 1.165) is 4.90 Å². The third kappa shape index (κ3) is 2.47. The van der Waals surface area contributed by atoms with Crippen LogP contribution in [0.2, 0.25) is 0 Å². The molecule has 1 aromatic carbocycles. The van der Waals surface area contributed by atoms with Gasteiger partial charge in [0.2, 0.25) is 0 Å². The normalized spacial score (nSPS) is 26.5. The largest absolute Gasteiger partial charge is 0.393 e. The molecule has 0 aliphatic carbocycles. The van der Waals surface area contributed by atoms with E-state index in [1.54, 1.807) is 0 Å². The summed E-state index contributed by atoms with van der Waals surface area (Å²) in [7, 11) is 1.39. The van der Waals surface area contributed by atoms with Crippen LogP contribution in [0.1, 0.15) is 5.48 Å². The molecule has 0 saturated carbocycles. The van der Waals surface area contributed by atoms with Gasteiger partial charge in [0.05, 0.1) is 4.92 Å². The van der Waals surface area contributed by atoms with Crippen LogP contribution in [0.15, 0.2) is 18.2 Å². The third-order valence-electron chi connectivity index (χ3n) is 2.57. The molecule has 2 rings (SSSR count). The van der Waals surface area contributed by atoms with E-state index in [4.69, 9.17) is 11.2 Å². The minimum absolute atomic E-state index is 0.0300. The first-order chi connectivity index (χ1) is 9.54. The van der Waals surface area contributed by atoms with Gasteiger partial charge < -0.3 is 15.5 Å². The quantitative estimate of drug-likeness (QED) is 0.473. The fourth-order valence-corrected chi connectivity index (χ4v) is 1.58. The summed E-state index contributed by atoms with van der Waals surface area (Å²) in [6, 6.07) is 4.07. The Morgan fingerprint density at radius 2 is 2.12 bits per heavy atom. The number of benzene rings is 1. The predicted molar refractivity (Wildman–Crippen MR) is 67.2 cm³/mol. The van der Waals surface area contributed by atoms with Crippen molar-refractivity contribution < 1.29 is 10.4 Å². The van der Waals surface area contributed by atoms with Crippen molar-refractivity contribution in [3.63, 3.8) is 0 Å². The van der Waals surface area contributed by atoms with Crippen molar-refractivity contribution in [1.29, 1.82) is 0 Å². The maximum atomic E-state index is 10.7. The summed E-state index contributed by atoms with van der Waals surface area (Å²) in [6.45, 7) is -3.84. The highest BCUT2D eigenvalue weighted by Gasteiger charge is 2.17. The van der Waals surface area contributed by atoms with Crippen molar-refractivity contribution >= 4 is 17.1 Å². The summed E-state index contributed by atoms with van der Waals surface area (Å²) in [6.07, 6.45) is 0. The Labute approximate surface area is 105 Å². The van der Waals surface area contributed by atoms with E-state index >= 15 is 0 Å². The Morgan fingerprint density at radius 3 is 2.65 bits per heavy atom. The van der Waals surface area contributed by atoms with Crippen molar-refractivity contribution in [2.45, 2.75) is 0 Å². The predicted octanol–water partition coefficient (Wildman–Crippen LogP) is 0.929. The highest BCUT2D eigenvalue weighted by molar-refractivity contribution is 5.66. The molecule has 1 aliphatic heterocycles. The van der Waals surface area contributed by atoms with Gasteiger partial charge in [-0.15, -0.1) is 0 Å². The van der Waals surface area contributed by atoms with E-state index in [0.29, 0.717) is 5.69 Å². The maximum absolute atomic E-state index is 10.7. The van der Waals surface area contributed by atoms with Gasteiger partial charge in [-0.2, -0.15) is 0 Å². The number of piperazine rings is 1. The number of rotatable bonds is 2. The molecule has 1 fully saturated rings. The van der Waals surface area contributed by atoms with Gasteiger partial charge in [-0.05, 0) is 19.2 Å². The molecule has 0 atom stereocenters. The van der Waals surface area contributed by atoms with Gasteiger partial charge in [0.15, 0.2) is 0 Å². The molecule has 6 nitrogen and oxygen atoms in total. The summed E-state index contributed by atoms with van der Waals surface area (Å²) >= 11 is 0. The molecule has 92 valence electrons. The monoisotopic (exact) mass is 240 g/mol. The second kappa shape index (κ2) is 4.58. The van der Waals surface area contributed by atoms with Crippen LogP contribution in [0.5, 0.6) is 0 Å². The summed E-state index contributed by atoms with van der Waals surface area (Å²) < 4.78 is 31.6. The molecule has 0 spiro atoms. The molecule has 0 amide bonds. The van der Waals surface area contributed by atoms with Crippen LogP contribution in [-0.4, -0.2) is 43.0 Å². The number of nitro benzene ring substituents is 1. The van der Waals surface area contributed by atoms with Crippen molar-refractivity contribution in [3.05, 3.63) is 28.3 Å². The Bertz CT molecular complexity index is 563. The number of hydrogen-bond donors (Lipinski definition) is 1. The van der Waals surface area contributed by atoms with Gasteiger partial charge in [0, 0.05) is 43.3 Å². The van der Waals surface area contributed by atoms with Crippen LogP contribution in [0.4, 0.5) is 17.1 Å². The van der Waals surface area contributed by atoms with Crippen LogP contribution in [-0.2, 0) is 0 Å². The molecule has 6 heteroatoms. The van der Waals surface area contributed by atoms with Crippen molar-refractivity contribution in [2.75, 3.05) is 43.8 Å². The second-order valence-corrected chi connectivity index (χ2v) is 3.73. The molecule has 1 aliphatic rings. The lowest BCUT2D eigenvalue weighted by molar-refractivity contribution is -0.383. The van der Waals surface area contributed by atoms with E-state index < -0.39 is 17.9 Å². The summed E-state index contributed by atoms with van der Waals surface area (Å²) in [5, 5.41) is 10.7. The third-order valence-corrected chi connectivity index (χ3v) is 2.57. The molecular weight excluding hydrogens is 220 g/mol. The molecule has 0 bridgehead atoms. The van der Waals surface area contributed by atoms with Gasteiger partial charge >= 0.3 is 0 Å². The molecule has 2 N–H and O–H groups in total. The zero-order valence-electron chi connectivity index (χ0n) is 13.4. The number of nitrogen functional groups attached to an aromatic ring is 1. The van der Waals surface area contributed by atoms with Crippen molar-refractivity contribution in [3.8, 4) is 0 Å². The number of nitrogens with zero attached hydrogens (tertiary/aromatic N) is 3.